The Morgan fingerprint density at radius 1 is 1.00 bits per heavy atom. The Morgan fingerprint density at radius 3 is 2.31 bits per heavy atom. The molecule has 0 atom stereocenters. The van der Waals surface area contributed by atoms with Crippen molar-refractivity contribution in [1.82, 2.24) is 0 Å². The highest BCUT2D eigenvalue weighted by molar-refractivity contribution is 5.98. The molecule has 1 aromatic rings. The Bertz CT molecular complexity index is 641. The van der Waals surface area contributed by atoms with Crippen LogP contribution in [0.5, 0.6) is 0 Å². The molecule has 8 nitrogen and oxygen atoms in total. The summed E-state index contributed by atoms with van der Waals surface area (Å²) in [6.45, 7) is 2.05. The van der Waals surface area contributed by atoms with Crippen LogP contribution in [0.4, 0.5) is 5.69 Å². The lowest BCUT2D eigenvalue weighted by molar-refractivity contribution is -0.143. The summed E-state index contributed by atoms with van der Waals surface area (Å²) < 4.78 is 0. The maximum atomic E-state index is 11.7. The number of benzene rings is 1. The SMILES string of the molecule is CCCCCC(=O)ON=C(N)c1ccc(NC(=O)CCCC(N)=O)cc1. The third kappa shape index (κ3) is 8.81. The topological polar surface area (TPSA) is 137 Å². The molecule has 0 unspecified atom stereocenters. The summed E-state index contributed by atoms with van der Waals surface area (Å²) in [7, 11) is 0. The van der Waals surface area contributed by atoms with Crippen LogP contribution in [0, 0.1) is 0 Å². The quantitative estimate of drug-likeness (QED) is 0.182. The van der Waals surface area contributed by atoms with Gasteiger partial charge < -0.3 is 21.6 Å². The van der Waals surface area contributed by atoms with Crippen LogP contribution in [0.1, 0.15) is 57.4 Å². The minimum atomic E-state index is -0.428. The first-order valence-electron chi connectivity index (χ1n) is 8.64. The number of oxime groups is 1. The van der Waals surface area contributed by atoms with E-state index < -0.39 is 11.9 Å². The van der Waals surface area contributed by atoms with E-state index in [9.17, 15) is 14.4 Å². The highest BCUT2D eigenvalue weighted by atomic mass is 16.7. The molecule has 8 heteroatoms. The molecule has 5 N–H and O–H groups in total. The van der Waals surface area contributed by atoms with Gasteiger partial charge in [0, 0.05) is 30.5 Å². The molecule has 1 rings (SSSR count). The predicted octanol–water partition coefficient (Wildman–Crippen LogP) is 2.02. The average molecular weight is 362 g/mol. The molecule has 1 aromatic carbocycles. The highest BCUT2D eigenvalue weighted by Gasteiger charge is 2.06. The molecule has 0 aliphatic rings. The van der Waals surface area contributed by atoms with E-state index in [2.05, 4.69) is 17.4 Å². The molecule has 0 aliphatic carbocycles. The van der Waals surface area contributed by atoms with Gasteiger partial charge in [0.2, 0.25) is 11.8 Å². The van der Waals surface area contributed by atoms with E-state index in [1.54, 1.807) is 24.3 Å². The number of nitrogens with two attached hydrogens (primary N) is 2. The first-order chi connectivity index (χ1) is 12.4. The number of carbonyl (C=O) groups is 3. The molecule has 0 aliphatic heterocycles. The Labute approximate surface area is 152 Å². The first-order valence-corrected chi connectivity index (χ1v) is 8.64. The predicted molar refractivity (Wildman–Crippen MR) is 99.1 cm³/mol. The van der Waals surface area contributed by atoms with Crippen molar-refractivity contribution >= 4 is 29.3 Å². The maximum absolute atomic E-state index is 11.7. The van der Waals surface area contributed by atoms with Crippen LogP contribution in [0.3, 0.4) is 0 Å². The van der Waals surface area contributed by atoms with Crippen LogP contribution in [0.25, 0.3) is 0 Å². The molecule has 0 aromatic heterocycles. The minimum Gasteiger partial charge on any atom is -0.380 e. The molecule has 0 spiro atoms. The van der Waals surface area contributed by atoms with Crippen molar-refractivity contribution < 1.29 is 19.2 Å². The number of primary amides is 1. The summed E-state index contributed by atoms with van der Waals surface area (Å²) in [6, 6.07) is 6.63. The molecule has 2 amide bonds. The number of amides is 2. The molecule has 142 valence electrons. The van der Waals surface area contributed by atoms with Crippen molar-refractivity contribution in [1.29, 1.82) is 0 Å². The van der Waals surface area contributed by atoms with Crippen molar-refractivity contribution in [3.63, 3.8) is 0 Å². The first kappa shape index (κ1) is 21.1. The second kappa shape index (κ2) is 11.6. The fourth-order valence-corrected chi connectivity index (χ4v) is 2.09. The summed E-state index contributed by atoms with van der Waals surface area (Å²) in [6.07, 6.45) is 3.85. The number of hydrogen-bond acceptors (Lipinski definition) is 5. The van der Waals surface area contributed by atoms with Gasteiger partial charge in [-0.25, -0.2) is 4.79 Å². The largest absolute Gasteiger partial charge is 0.380 e. The lowest BCUT2D eigenvalue weighted by Gasteiger charge is -2.06. The zero-order valence-electron chi connectivity index (χ0n) is 15.0. The molecule has 0 bridgehead atoms. The normalized spacial score (nSPS) is 11.0. The Hall–Kier alpha value is -2.90. The van der Waals surface area contributed by atoms with Gasteiger partial charge in [-0.15, -0.1) is 0 Å². The van der Waals surface area contributed by atoms with Gasteiger partial charge >= 0.3 is 5.97 Å². The molecule has 0 fully saturated rings. The van der Waals surface area contributed by atoms with Crippen LogP contribution in [-0.2, 0) is 19.2 Å². The molecule has 0 saturated carbocycles. The molecule has 0 heterocycles. The van der Waals surface area contributed by atoms with Crippen LogP contribution < -0.4 is 16.8 Å². The zero-order chi connectivity index (χ0) is 19.4. The van der Waals surface area contributed by atoms with Crippen LogP contribution in [0.15, 0.2) is 29.4 Å². The maximum Gasteiger partial charge on any atom is 0.335 e. The summed E-state index contributed by atoms with van der Waals surface area (Å²) in [5.74, 6) is -0.973. The van der Waals surface area contributed by atoms with Crippen molar-refractivity contribution in [2.24, 2.45) is 16.6 Å². The van der Waals surface area contributed by atoms with E-state index in [0.29, 0.717) is 24.1 Å². The van der Waals surface area contributed by atoms with Gasteiger partial charge in [-0.3, -0.25) is 9.59 Å². The number of hydrogen-bond donors (Lipinski definition) is 3. The van der Waals surface area contributed by atoms with Gasteiger partial charge in [0.1, 0.15) is 0 Å². The monoisotopic (exact) mass is 362 g/mol. The van der Waals surface area contributed by atoms with Crippen molar-refractivity contribution in [2.75, 3.05) is 5.32 Å². The van der Waals surface area contributed by atoms with Crippen LogP contribution in [-0.4, -0.2) is 23.6 Å². The average Bonchev–Trinajstić information content (AvgIpc) is 2.60. The highest BCUT2D eigenvalue weighted by Crippen LogP contribution is 2.11. The van der Waals surface area contributed by atoms with E-state index in [-0.39, 0.29) is 24.6 Å². The Kier molecular flexibility index (Phi) is 9.45. The van der Waals surface area contributed by atoms with E-state index in [1.165, 1.54) is 0 Å². The fourth-order valence-electron chi connectivity index (χ4n) is 2.09. The summed E-state index contributed by atoms with van der Waals surface area (Å²) in [4.78, 5) is 38.6. The van der Waals surface area contributed by atoms with Crippen molar-refractivity contribution in [3.8, 4) is 0 Å². The van der Waals surface area contributed by atoms with Crippen LogP contribution in [0.2, 0.25) is 0 Å². The van der Waals surface area contributed by atoms with Gasteiger partial charge in [-0.05, 0) is 37.1 Å². The van der Waals surface area contributed by atoms with E-state index in [1.807, 2.05) is 0 Å². The number of nitrogens with one attached hydrogen (secondary N) is 1. The number of rotatable bonds is 11. The lowest BCUT2D eigenvalue weighted by Crippen LogP contribution is -2.16. The van der Waals surface area contributed by atoms with Gasteiger partial charge in [0.15, 0.2) is 5.84 Å². The standard InChI is InChI=1S/C18H26N4O4/c1-2-3-4-8-17(25)26-22-18(20)13-9-11-14(12-10-13)21-16(24)7-5-6-15(19)23/h9-12H,2-8H2,1H3,(H2,19,23)(H2,20,22)(H,21,24). The fraction of sp³-hybridized carbons (Fsp3) is 0.444. The van der Waals surface area contributed by atoms with Gasteiger partial charge in [-0.1, -0.05) is 24.9 Å². The molecule has 26 heavy (non-hydrogen) atoms. The van der Waals surface area contributed by atoms with Gasteiger partial charge in [0.25, 0.3) is 0 Å². The second-order valence-corrected chi connectivity index (χ2v) is 5.84. The molecular weight excluding hydrogens is 336 g/mol. The minimum absolute atomic E-state index is 0.0770. The third-order valence-corrected chi connectivity index (χ3v) is 3.52. The van der Waals surface area contributed by atoms with Crippen LogP contribution >= 0.6 is 0 Å². The zero-order valence-corrected chi connectivity index (χ0v) is 15.0. The second-order valence-electron chi connectivity index (χ2n) is 5.84. The smallest absolute Gasteiger partial charge is 0.335 e. The summed E-state index contributed by atoms with van der Waals surface area (Å²) in [5.41, 5.74) is 12.0. The van der Waals surface area contributed by atoms with E-state index in [0.717, 1.165) is 19.3 Å². The number of anilines is 1. The van der Waals surface area contributed by atoms with Crippen molar-refractivity contribution in [2.45, 2.75) is 51.9 Å². The summed E-state index contributed by atoms with van der Waals surface area (Å²) >= 11 is 0. The Morgan fingerprint density at radius 2 is 1.69 bits per heavy atom. The van der Waals surface area contributed by atoms with E-state index in [4.69, 9.17) is 16.3 Å². The van der Waals surface area contributed by atoms with Gasteiger partial charge in [0.05, 0.1) is 0 Å². The Balaban J connectivity index is 2.47. The molecule has 0 saturated heterocycles. The number of carbonyl (C=O) groups excluding carboxylic acids is 3. The third-order valence-electron chi connectivity index (χ3n) is 3.52. The van der Waals surface area contributed by atoms with Gasteiger partial charge in [-0.2, -0.15) is 0 Å². The number of amidine groups is 1. The lowest BCUT2D eigenvalue weighted by atomic mass is 10.2. The molecule has 0 radical (unpaired) electrons. The van der Waals surface area contributed by atoms with E-state index >= 15 is 0 Å². The summed E-state index contributed by atoms with van der Waals surface area (Å²) in [5, 5.41) is 6.34. The van der Waals surface area contributed by atoms with Crippen molar-refractivity contribution in [3.05, 3.63) is 29.8 Å². The molecular formula is C18H26N4O4. The number of nitrogens with zero attached hydrogens (tertiary/aromatic N) is 1. The number of unbranched alkanes of at least 4 members (excludes halogenated alkanes) is 2.